The van der Waals surface area contributed by atoms with E-state index in [0.29, 0.717) is 0 Å². The van der Waals surface area contributed by atoms with Gasteiger partial charge in [0.25, 0.3) is 0 Å². The molecule has 2 bridgehead atoms. The van der Waals surface area contributed by atoms with Crippen molar-refractivity contribution in [2.45, 2.75) is 75.2 Å². The Morgan fingerprint density at radius 2 is 0.829 bits per heavy atom. The SMILES string of the molecule is Cc1ccc(-c2ccc(-c3ccc(-c4c5cc(C)c(C)c4CC5)c(C)c3C)c(C)c2C)c(C)c1C. The summed E-state index contributed by atoms with van der Waals surface area (Å²) < 4.78 is 0. The Balaban J connectivity index is 1.63. The van der Waals surface area contributed by atoms with Crippen LogP contribution in [0.25, 0.3) is 33.4 Å². The lowest BCUT2D eigenvalue weighted by Crippen LogP contribution is -1.99. The first-order valence-electron chi connectivity index (χ1n) is 13.0. The van der Waals surface area contributed by atoms with Gasteiger partial charge in [0.15, 0.2) is 0 Å². The van der Waals surface area contributed by atoms with Gasteiger partial charge in [0, 0.05) is 0 Å². The van der Waals surface area contributed by atoms with Gasteiger partial charge in [0.1, 0.15) is 0 Å². The average Bonchev–Trinajstić information content (AvgIpc) is 3.17. The molecule has 0 aromatic heterocycles. The molecule has 5 rings (SSSR count). The van der Waals surface area contributed by atoms with Crippen LogP contribution in [-0.2, 0) is 12.8 Å². The summed E-state index contributed by atoms with van der Waals surface area (Å²) in [5, 5.41) is 0. The predicted molar refractivity (Wildman–Crippen MR) is 153 cm³/mol. The maximum absolute atomic E-state index is 2.42. The Morgan fingerprint density at radius 3 is 1.37 bits per heavy atom. The van der Waals surface area contributed by atoms with Crippen molar-refractivity contribution in [3.05, 3.63) is 104 Å². The molecular formula is C35H38. The number of hydrogen-bond donors (Lipinski definition) is 0. The van der Waals surface area contributed by atoms with Crippen LogP contribution in [0.1, 0.15) is 61.2 Å². The predicted octanol–water partition coefficient (Wildman–Crippen LogP) is 9.56. The molecule has 0 unspecified atom stereocenters. The summed E-state index contributed by atoms with van der Waals surface area (Å²) in [5.41, 5.74) is 24.1. The van der Waals surface area contributed by atoms with Crippen molar-refractivity contribution in [3.8, 4) is 33.4 Å². The topological polar surface area (TPSA) is 0 Å². The fourth-order valence-corrected chi connectivity index (χ4v) is 6.20. The molecule has 0 spiro atoms. The van der Waals surface area contributed by atoms with E-state index in [4.69, 9.17) is 0 Å². The quantitative estimate of drug-likeness (QED) is 0.287. The summed E-state index contributed by atoms with van der Waals surface area (Å²) >= 11 is 0. The highest BCUT2D eigenvalue weighted by molar-refractivity contribution is 5.85. The zero-order valence-corrected chi connectivity index (χ0v) is 23.0. The van der Waals surface area contributed by atoms with Gasteiger partial charge in [-0.15, -0.1) is 0 Å². The number of fused-ring (bicyclic) bond motifs is 2. The molecular weight excluding hydrogens is 420 g/mol. The molecule has 35 heavy (non-hydrogen) atoms. The Labute approximate surface area is 212 Å². The van der Waals surface area contributed by atoms with Gasteiger partial charge in [0.05, 0.1) is 0 Å². The van der Waals surface area contributed by atoms with Gasteiger partial charge in [-0.05, 0) is 170 Å². The van der Waals surface area contributed by atoms with Crippen LogP contribution in [0.15, 0.2) is 42.5 Å². The smallest absolute Gasteiger partial charge is 0.0114 e. The maximum atomic E-state index is 2.42. The van der Waals surface area contributed by atoms with E-state index in [0.717, 1.165) is 0 Å². The molecule has 0 saturated carbocycles. The van der Waals surface area contributed by atoms with E-state index in [-0.39, 0.29) is 0 Å². The third-order valence-corrected chi connectivity index (χ3v) is 9.18. The van der Waals surface area contributed by atoms with Gasteiger partial charge in [-0.1, -0.05) is 42.5 Å². The summed E-state index contributed by atoms with van der Waals surface area (Å²) in [6.07, 6.45) is 2.36. The van der Waals surface area contributed by atoms with Crippen LogP contribution in [-0.4, -0.2) is 0 Å². The van der Waals surface area contributed by atoms with Crippen molar-refractivity contribution in [1.82, 2.24) is 0 Å². The highest BCUT2D eigenvalue weighted by Crippen LogP contribution is 2.43. The Bertz CT molecular complexity index is 1510. The van der Waals surface area contributed by atoms with Crippen LogP contribution in [0.2, 0.25) is 0 Å². The average molecular weight is 459 g/mol. The van der Waals surface area contributed by atoms with E-state index >= 15 is 0 Å². The second kappa shape index (κ2) is 8.52. The standard InChI is InChI=1S/C35H38/c1-19-10-12-29(23(5)21(19)3)30-14-15-31(25(7)24(30)6)32-16-17-34(27(9)26(32)8)35-28-11-13-33(35)22(4)20(2)18-28/h10,12,14-18H,11,13H2,1-9H3. The number of aryl methyl sites for hydroxylation is 3. The van der Waals surface area contributed by atoms with Crippen molar-refractivity contribution < 1.29 is 0 Å². The maximum Gasteiger partial charge on any atom is -0.0114 e. The number of hydrogen-bond acceptors (Lipinski definition) is 0. The van der Waals surface area contributed by atoms with E-state index in [1.165, 1.54) is 102 Å². The van der Waals surface area contributed by atoms with Crippen LogP contribution >= 0.6 is 0 Å². The molecule has 0 nitrogen and oxygen atoms in total. The van der Waals surface area contributed by atoms with Crippen LogP contribution in [0.5, 0.6) is 0 Å². The fourth-order valence-electron chi connectivity index (χ4n) is 6.20. The first-order chi connectivity index (χ1) is 16.6. The first-order valence-corrected chi connectivity index (χ1v) is 13.0. The summed E-state index contributed by atoms with van der Waals surface area (Å²) in [5.74, 6) is 0. The van der Waals surface area contributed by atoms with Crippen molar-refractivity contribution in [2.75, 3.05) is 0 Å². The summed E-state index contributed by atoms with van der Waals surface area (Å²) in [6, 6.07) is 16.4. The van der Waals surface area contributed by atoms with Crippen LogP contribution in [0.4, 0.5) is 0 Å². The number of benzene rings is 4. The van der Waals surface area contributed by atoms with E-state index in [9.17, 15) is 0 Å². The molecule has 0 saturated heterocycles. The van der Waals surface area contributed by atoms with Crippen molar-refractivity contribution in [2.24, 2.45) is 0 Å². The second-order valence-corrected chi connectivity index (χ2v) is 10.8. The molecule has 0 atom stereocenters. The van der Waals surface area contributed by atoms with Gasteiger partial charge >= 0.3 is 0 Å². The second-order valence-electron chi connectivity index (χ2n) is 10.8. The Hall–Kier alpha value is -3.12. The fraction of sp³-hybridized carbons (Fsp3) is 0.314. The zero-order chi connectivity index (χ0) is 25.2. The van der Waals surface area contributed by atoms with E-state index < -0.39 is 0 Å². The third-order valence-electron chi connectivity index (χ3n) is 9.18. The van der Waals surface area contributed by atoms with Gasteiger partial charge in [-0.2, -0.15) is 0 Å². The first kappa shape index (κ1) is 23.6. The molecule has 0 aliphatic heterocycles. The lowest BCUT2D eigenvalue weighted by Gasteiger charge is -2.21. The van der Waals surface area contributed by atoms with Gasteiger partial charge < -0.3 is 0 Å². The van der Waals surface area contributed by atoms with Crippen LogP contribution in [0, 0.1) is 62.3 Å². The molecule has 4 aromatic carbocycles. The summed E-state index contributed by atoms with van der Waals surface area (Å²) in [4.78, 5) is 0. The normalized spacial score (nSPS) is 12.5. The molecule has 1 aliphatic rings. The lowest BCUT2D eigenvalue weighted by atomic mass is 9.84. The zero-order valence-electron chi connectivity index (χ0n) is 23.0. The lowest BCUT2D eigenvalue weighted by molar-refractivity contribution is 1.02. The summed E-state index contributed by atoms with van der Waals surface area (Å²) in [6.45, 7) is 20.5. The molecule has 0 amide bonds. The third kappa shape index (κ3) is 3.57. The van der Waals surface area contributed by atoms with Gasteiger partial charge in [-0.25, -0.2) is 0 Å². The minimum Gasteiger partial charge on any atom is -0.0584 e. The van der Waals surface area contributed by atoms with E-state index in [2.05, 4.69) is 105 Å². The Kier molecular flexibility index (Phi) is 5.75. The minimum atomic E-state index is 1.18. The van der Waals surface area contributed by atoms with Gasteiger partial charge in [-0.3, -0.25) is 0 Å². The highest BCUT2D eigenvalue weighted by atomic mass is 14.3. The van der Waals surface area contributed by atoms with Gasteiger partial charge in [0.2, 0.25) is 0 Å². The number of rotatable bonds is 3. The molecule has 0 fully saturated rings. The molecule has 0 heterocycles. The highest BCUT2D eigenvalue weighted by Gasteiger charge is 2.23. The largest absolute Gasteiger partial charge is 0.0584 e. The van der Waals surface area contributed by atoms with Crippen molar-refractivity contribution >= 4 is 0 Å². The molecule has 0 N–H and O–H groups in total. The molecule has 1 aliphatic carbocycles. The van der Waals surface area contributed by atoms with E-state index in [1.807, 2.05) is 0 Å². The molecule has 4 aromatic rings. The Morgan fingerprint density at radius 1 is 0.400 bits per heavy atom. The van der Waals surface area contributed by atoms with Crippen molar-refractivity contribution in [1.29, 1.82) is 0 Å². The molecule has 0 heteroatoms. The molecule has 178 valence electrons. The van der Waals surface area contributed by atoms with Crippen LogP contribution < -0.4 is 0 Å². The minimum absolute atomic E-state index is 1.18. The van der Waals surface area contributed by atoms with E-state index in [1.54, 1.807) is 5.56 Å². The van der Waals surface area contributed by atoms with Crippen molar-refractivity contribution in [3.63, 3.8) is 0 Å². The molecule has 0 radical (unpaired) electrons. The van der Waals surface area contributed by atoms with Crippen LogP contribution in [0.3, 0.4) is 0 Å². The monoisotopic (exact) mass is 458 g/mol. The summed E-state index contributed by atoms with van der Waals surface area (Å²) in [7, 11) is 0.